The Hall–Kier alpha value is 2.88. The SMILES string of the molecule is [S]CCCCCCSSP1SSCCCCCCSS1. The molecule has 1 aliphatic rings. The van der Waals surface area contributed by atoms with Crippen LogP contribution in [0.1, 0.15) is 51.4 Å². The Labute approximate surface area is 155 Å². The fraction of sp³-hybridized carbons (Fsp3) is 1.00. The van der Waals surface area contributed by atoms with Crippen LogP contribution in [0, 0.1) is 0 Å². The molecule has 8 heteroatoms. The highest BCUT2D eigenvalue weighted by Crippen LogP contribution is 2.79. The normalized spacial score (nSPS) is 19.6. The van der Waals surface area contributed by atoms with Crippen LogP contribution in [0.5, 0.6) is 0 Å². The summed E-state index contributed by atoms with van der Waals surface area (Å²) in [5.41, 5.74) is 0.0385. The van der Waals surface area contributed by atoms with Crippen molar-refractivity contribution in [2.24, 2.45) is 0 Å². The van der Waals surface area contributed by atoms with Crippen LogP contribution in [-0.2, 0) is 0 Å². The van der Waals surface area contributed by atoms with Gasteiger partial charge in [0.25, 0.3) is 0 Å². The predicted octanol–water partition coefficient (Wildman–Crippen LogP) is 8.69. The van der Waals surface area contributed by atoms with Gasteiger partial charge >= 0.3 is 0 Å². The largest absolute Gasteiger partial charge is 0.106 e. The van der Waals surface area contributed by atoms with Crippen LogP contribution in [-0.4, -0.2) is 23.0 Å². The topological polar surface area (TPSA) is 0 Å². The quantitative estimate of drug-likeness (QED) is 0.216. The summed E-state index contributed by atoms with van der Waals surface area (Å²) >= 11 is 4.98. The smallest absolute Gasteiger partial charge is 0.0942 e. The molecule has 0 bridgehead atoms. The van der Waals surface area contributed by atoms with Crippen molar-refractivity contribution in [1.82, 2.24) is 0 Å². The van der Waals surface area contributed by atoms with Crippen molar-refractivity contribution in [2.75, 3.05) is 23.0 Å². The van der Waals surface area contributed by atoms with Gasteiger partial charge in [-0.3, -0.25) is 0 Å². The van der Waals surface area contributed by atoms with E-state index in [9.17, 15) is 0 Å². The molecule has 0 aromatic rings. The summed E-state index contributed by atoms with van der Waals surface area (Å²) < 4.78 is 0. The van der Waals surface area contributed by atoms with Gasteiger partial charge in [0.1, 0.15) is 5.53 Å². The molecule has 0 aliphatic carbocycles. The molecule has 119 valence electrons. The molecule has 1 radical (unpaired) electrons. The van der Waals surface area contributed by atoms with Crippen molar-refractivity contribution in [3.63, 3.8) is 0 Å². The van der Waals surface area contributed by atoms with Crippen molar-refractivity contribution in [1.29, 1.82) is 0 Å². The second-order valence-electron chi connectivity index (χ2n) is 4.45. The molecule has 1 saturated heterocycles. The molecule has 0 unspecified atom stereocenters. The number of rotatable bonds is 8. The third kappa shape index (κ3) is 13.3. The Morgan fingerprint density at radius 2 is 1.50 bits per heavy atom. The molecule has 0 N–H and O–H groups in total. The fourth-order valence-electron chi connectivity index (χ4n) is 1.57. The second kappa shape index (κ2) is 16.7. The first kappa shape index (κ1) is 20.9. The number of unbranched alkanes of at least 4 members (excludes halogenated alkanes) is 3. The molecule has 0 spiro atoms. The van der Waals surface area contributed by atoms with Gasteiger partial charge in [0, 0.05) is 23.0 Å². The molecule has 0 atom stereocenters. The summed E-state index contributed by atoms with van der Waals surface area (Å²) in [4.78, 5) is 0. The monoisotopic (exact) mass is 423 g/mol. The van der Waals surface area contributed by atoms with Crippen LogP contribution < -0.4 is 0 Å². The molecular weight excluding hydrogens is 400 g/mol. The van der Waals surface area contributed by atoms with E-state index in [0.717, 1.165) is 5.75 Å². The molecule has 0 aromatic heterocycles. The molecule has 1 heterocycles. The molecular formula is C12H24PS7. The standard InChI is InChI=1S/C12H24PS7/c14-9-5-1-2-6-10-15-18-13-19-16-11-7-3-4-8-12-17-20-13/h1-12H2. The maximum atomic E-state index is 4.98. The maximum Gasteiger partial charge on any atom is 0.106 e. The number of hydrogen-bond acceptors (Lipinski definition) is 6. The molecule has 0 saturated carbocycles. The highest BCUT2D eigenvalue weighted by atomic mass is 33.8. The summed E-state index contributed by atoms with van der Waals surface area (Å²) in [6.45, 7) is 0. The van der Waals surface area contributed by atoms with Gasteiger partial charge in [-0.05, 0) is 56.9 Å². The van der Waals surface area contributed by atoms with Gasteiger partial charge in [0.2, 0.25) is 0 Å². The third-order valence-electron chi connectivity index (χ3n) is 2.67. The Morgan fingerprint density at radius 3 is 2.15 bits per heavy atom. The minimum absolute atomic E-state index is 0.0385. The minimum Gasteiger partial charge on any atom is -0.0942 e. The lowest BCUT2D eigenvalue weighted by Crippen LogP contribution is -1.81. The van der Waals surface area contributed by atoms with Crippen LogP contribution in [0.15, 0.2) is 0 Å². The van der Waals surface area contributed by atoms with Crippen LogP contribution in [0.3, 0.4) is 0 Å². The molecule has 0 aromatic carbocycles. The summed E-state index contributed by atoms with van der Waals surface area (Å²) in [5, 5.41) is 0. The Bertz CT molecular complexity index is 196. The maximum absolute atomic E-state index is 4.98. The van der Waals surface area contributed by atoms with Gasteiger partial charge in [-0.1, -0.05) is 70.7 Å². The average Bonchev–Trinajstić information content (AvgIpc) is 2.52. The first-order chi connectivity index (χ1) is 9.93. The van der Waals surface area contributed by atoms with Gasteiger partial charge in [0.05, 0.1) is 0 Å². The third-order valence-corrected chi connectivity index (χ3v) is 24.5. The van der Waals surface area contributed by atoms with Crippen LogP contribution >= 0.6 is 81.8 Å². The lowest BCUT2D eigenvalue weighted by Gasteiger charge is -2.12. The molecule has 1 aliphatic heterocycles. The molecule has 0 nitrogen and oxygen atoms in total. The summed E-state index contributed by atoms with van der Waals surface area (Å²) in [5.74, 6) is 4.95. The van der Waals surface area contributed by atoms with Gasteiger partial charge in [0.15, 0.2) is 0 Å². The van der Waals surface area contributed by atoms with E-state index in [1.54, 1.807) is 0 Å². The van der Waals surface area contributed by atoms with E-state index >= 15 is 0 Å². The van der Waals surface area contributed by atoms with Crippen molar-refractivity contribution in [3.8, 4) is 0 Å². The van der Waals surface area contributed by atoms with Gasteiger partial charge in [-0.25, -0.2) is 0 Å². The lowest BCUT2D eigenvalue weighted by atomic mass is 10.2. The van der Waals surface area contributed by atoms with E-state index < -0.39 is 0 Å². The van der Waals surface area contributed by atoms with Gasteiger partial charge in [-0.15, -0.1) is 0 Å². The molecule has 1 fully saturated rings. The summed E-state index contributed by atoms with van der Waals surface area (Å²) in [6, 6.07) is 0. The highest BCUT2D eigenvalue weighted by Gasteiger charge is 2.13. The molecule has 1 rings (SSSR count). The van der Waals surface area contributed by atoms with Crippen LogP contribution in [0.2, 0.25) is 0 Å². The highest BCUT2D eigenvalue weighted by molar-refractivity contribution is 9.41. The van der Waals surface area contributed by atoms with Crippen molar-refractivity contribution in [3.05, 3.63) is 0 Å². The zero-order valence-electron chi connectivity index (χ0n) is 11.8. The molecule has 20 heavy (non-hydrogen) atoms. The first-order valence-electron chi connectivity index (χ1n) is 7.20. The van der Waals surface area contributed by atoms with Crippen LogP contribution in [0.4, 0.5) is 0 Å². The van der Waals surface area contributed by atoms with E-state index in [1.165, 1.54) is 68.6 Å². The lowest BCUT2D eigenvalue weighted by molar-refractivity contribution is 0.712. The Morgan fingerprint density at radius 1 is 0.850 bits per heavy atom. The van der Waals surface area contributed by atoms with Crippen molar-refractivity contribution >= 4 is 81.8 Å². The van der Waals surface area contributed by atoms with E-state index in [-0.39, 0.29) is 5.53 Å². The minimum atomic E-state index is 0.0385. The first-order valence-corrected chi connectivity index (χ1v) is 17.9. The van der Waals surface area contributed by atoms with Crippen LogP contribution in [0.25, 0.3) is 0 Å². The fourth-order valence-corrected chi connectivity index (χ4v) is 26.1. The second-order valence-corrected chi connectivity index (χ2v) is 20.5. The van der Waals surface area contributed by atoms with Crippen molar-refractivity contribution in [2.45, 2.75) is 51.4 Å². The molecule has 0 amide bonds. The number of hydrogen-bond donors (Lipinski definition) is 0. The Balaban J connectivity index is 2.02. The van der Waals surface area contributed by atoms with E-state index in [1.807, 2.05) is 0 Å². The zero-order chi connectivity index (χ0) is 14.3. The van der Waals surface area contributed by atoms with Gasteiger partial charge < -0.3 is 0 Å². The van der Waals surface area contributed by atoms with E-state index in [0.29, 0.717) is 0 Å². The van der Waals surface area contributed by atoms with E-state index in [4.69, 9.17) is 12.6 Å². The van der Waals surface area contributed by atoms with E-state index in [2.05, 4.69) is 63.6 Å². The Kier molecular flexibility index (Phi) is 17.5. The van der Waals surface area contributed by atoms with Crippen molar-refractivity contribution < 1.29 is 0 Å². The predicted molar refractivity (Wildman–Crippen MR) is 116 cm³/mol. The summed E-state index contributed by atoms with van der Waals surface area (Å²) in [7, 11) is 12.8. The average molecular weight is 424 g/mol. The zero-order valence-corrected chi connectivity index (χ0v) is 18.4. The van der Waals surface area contributed by atoms with Gasteiger partial charge in [-0.2, -0.15) is 0 Å². The summed E-state index contributed by atoms with van der Waals surface area (Å²) in [6.07, 6.45) is 11.0.